The monoisotopic (exact) mass is 686 g/mol. The van der Waals surface area contributed by atoms with Crippen molar-refractivity contribution in [1.82, 2.24) is 10.6 Å². The minimum atomic E-state index is -0.310. The molecule has 3 aliphatic rings. The molecule has 1 saturated carbocycles. The summed E-state index contributed by atoms with van der Waals surface area (Å²) >= 11 is 4.89. The van der Waals surface area contributed by atoms with Crippen molar-refractivity contribution in [3.63, 3.8) is 0 Å². The van der Waals surface area contributed by atoms with Crippen LogP contribution in [-0.2, 0) is 23.9 Å². The Bertz CT molecular complexity index is 1030. The lowest BCUT2D eigenvalue weighted by molar-refractivity contribution is -0.0985. The molecule has 0 atom stereocenters. The molecular formula is C28H36I2N2O2. The highest BCUT2D eigenvalue weighted by atomic mass is 127. The number of halogens is 2. The second kappa shape index (κ2) is 8.48. The molecule has 2 heterocycles. The number of ether oxygens (including phenoxy) is 2. The summed E-state index contributed by atoms with van der Waals surface area (Å²) in [4.78, 5) is 0. The van der Waals surface area contributed by atoms with Gasteiger partial charge in [0.1, 0.15) is 11.5 Å². The Morgan fingerprint density at radius 2 is 1.00 bits per heavy atom. The van der Waals surface area contributed by atoms with Crippen LogP contribution in [0.1, 0.15) is 89.5 Å². The van der Waals surface area contributed by atoms with Crippen LogP contribution in [0.3, 0.4) is 0 Å². The normalized spacial score (nSPS) is 26.6. The molecule has 184 valence electrons. The SMILES string of the molecule is CC(C)(C)c1cc(I)c2c(c1)CNC1(CCC3(CC1)NCc1cc(C(C)(C)C)cc(I)c1O3)O2. The van der Waals surface area contributed by atoms with E-state index in [-0.39, 0.29) is 22.3 Å². The molecule has 0 bridgehead atoms. The molecule has 6 heteroatoms. The van der Waals surface area contributed by atoms with Crippen molar-refractivity contribution in [2.45, 2.75) is 103 Å². The van der Waals surface area contributed by atoms with Crippen LogP contribution in [0.5, 0.6) is 11.5 Å². The Balaban J connectivity index is 1.33. The van der Waals surface area contributed by atoms with Gasteiger partial charge in [-0.1, -0.05) is 53.7 Å². The standard InChI is InChI=1S/C28H36I2N2O2/c1-25(2,3)19-11-17-15-31-27(33-23(17)21(29)13-19)7-9-28(10-8-27)32-16-18-12-20(26(4,5)6)14-22(30)24(18)34-28/h11-14,31-32H,7-10,15-16H2,1-6H3. The van der Waals surface area contributed by atoms with E-state index < -0.39 is 0 Å². The number of benzene rings is 2. The van der Waals surface area contributed by atoms with Crippen molar-refractivity contribution < 1.29 is 9.47 Å². The van der Waals surface area contributed by atoms with E-state index in [2.05, 4.69) is 122 Å². The first-order chi connectivity index (χ1) is 15.8. The zero-order chi connectivity index (χ0) is 24.5. The second-order valence-corrected chi connectivity index (χ2v) is 14.6. The fraction of sp³-hybridized carbons (Fsp3) is 0.571. The molecule has 0 saturated heterocycles. The molecule has 0 amide bonds. The molecule has 2 aliphatic heterocycles. The Morgan fingerprint density at radius 1 is 0.647 bits per heavy atom. The first-order valence-corrected chi connectivity index (χ1v) is 14.5. The Kier molecular flexibility index (Phi) is 6.26. The molecule has 2 aromatic rings. The van der Waals surface area contributed by atoms with E-state index in [9.17, 15) is 0 Å². The van der Waals surface area contributed by atoms with E-state index >= 15 is 0 Å². The third-order valence-electron chi connectivity index (χ3n) is 7.64. The quantitative estimate of drug-likeness (QED) is 0.290. The molecule has 0 aromatic heterocycles. The summed E-state index contributed by atoms with van der Waals surface area (Å²) in [5, 5.41) is 7.53. The van der Waals surface area contributed by atoms with E-state index in [1.807, 2.05) is 0 Å². The van der Waals surface area contributed by atoms with E-state index in [0.29, 0.717) is 0 Å². The van der Waals surface area contributed by atoms with E-state index in [0.717, 1.165) is 50.3 Å². The minimum absolute atomic E-state index is 0.132. The van der Waals surface area contributed by atoms with Gasteiger partial charge in [-0.25, -0.2) is 0 Å². The van der Waals surface area contributed by atoms with Crippen LogP contribution in [0.4, 0.5) is 0 Å². The zero-order valence-electron chi connectivity index (χ0n) is 21.1. The average Bonchev–Trinajstić information content (AvgIpc) is 2.76. The van der Waals surface area contributed by atoms with Crippen LogP contribution in [0, 0.1) is 7.14 Å². The summed E-state index contributed by atoms with van der Waals surface area (Å²) in [6, 6.07) is 9.22. The van der Waals surface area contributed by atoms with E-state index in [1.54, 1.807) is 0 Å². The van der Waals surface area contributed by atoms with Crippen molar-refractivity contribution >= 4 is 45.2 Å². The second-order valence-electron chi connectivity index (χ2n) is 12.3. The fourth-order valence-electron chi connectivity index (χ4n) is 5.25. The average molecular weight is 686 g/mol. The maximum Gasteiger partial charge on any atom is 0.161 e. The van der Waals surface area contributed by atoms with E-state index in [1.165, 1.54) is 29.4 Å². The number of rotatable bonds is 0. The molecule has 0 radical (unpaired) electrons. The predicted molar refractivity (Wildman–Crippen MR) is 155 cm³/mol. The predicted octanol–water partition coefficient (Wildman–Crippen LogP) is 7.12. The molecule has 1 fully saturated rings. The first-order valence-electron chi connectivity index (χ1n) is 12.3. The van der Waals surface area contributed by atoms with E-state index in [4.69, 9.17) is 9.47 Å². The van der Waals surface area contributed by atoms with Crippen molar-refractivity contribution in [3.05, 3.63) is 53.7 Å². The lowest BCUT2D eigenvalue weighted by Gasteiger charge is -2.50. The van der Waals surface area contributed by atoms with Gasteiger partial charge in [0.25, 0.3) is 0 Å². The fourth-order valence-corrected chi connectivity index (χ4v) is 6.83. The maximum absolute atomic E-state index is 6.74. The van der Waals surface area contributed by atoms with Gasteiger partial charge in [0, 0.05) is 49.9 Å². The summed E-state index contributed by atoms with van der Waals surface area (Å²) in [5.74, 6) is 2.13. The first kappa shape index (κ1) is 25.1. The van der Waals surface area contributed by atoms with Gasteiger partial charge in [0.15, 0.2) is 11.4 Å². The Morgan fingerprint density at radius 3 is 1.32 bits per heavy atom. The summed E-state index contributed by atoms with van der Waals surface area (Å²) in [7, 11) is 0. The van der Waals surface area contributed by atoms with Gasteiger partial charge < -0.3 is 9.47 Å². The molecule has 5 rings (SSSR count). The third-order valence-corrected chi connectivity index (χ3v) is 9.24. The van der Waals surface area contributed by atoms with Crippen LogP contribution < -0.4 is 20.1 Å². The number of nitrogens with one attached hydrogen (secondary N) is 2. The van der Waals surface area contributed by atoms with Crippen LogP contribution in [-0.4, -0.2) is 11.4 Å². The number of fused-ring (bicyclic) bond motifs is 2. The molecule has 1 aliphatic carbocycles. The highest BCUT2D eigenvalue weighted by Gasteiger charge is 2.49. The van der Waals surface area contributed by atoms with Gasteiger partial charge in [-0.2, -0.15) is 0 Å². The highest BCUT2D eigenvalue weighted by Crippen LogP contribution is 2.46. The summed E-state index contributed by atoms with van der Waals surface area (Å²) < 4.78 is 15.9. The molecule has 2 spiro atoms. The Hall–Kier alpha value is -0.580. The van der Waals surface area contributed by atoms with Crippen molar-refractivity contribution in [1.29, 1.82) is 0 Å². The molecule has 34 heavy (non-hydrogen) atoms. The van der Waals surface area contributed by atoms with Crippen LogP contribution >= 0.6 is 45.2 Å². The zero-order valence-corrected chi connectivity index (χ0v) is 25.4. The van der Waals surface area contributed by atoms with Crippen LogP contribution in [0.25, 0.3) is 0 Å². The van der Waals surface area contributed by atoms with Gasteiger partial charge in [-0.3, -0.25) is 10.6 Å². The molecule has 0 unspecified atom stereocenters. The summed E-state index contributed by atoms with van der Waals surface area (Å²) in [6.07, 6.45) is 3.68. The van der Waals surface area contributed by atoms with Gasteiger partial charge in [0.05, 0.1) is 7.14 Å². The van der Waals surface area contributed by atoms with Crippen LogP contribution in [0.15, 0.2) is 24.3 Å². The largest absolute Gasteiger partial charge is 0.471 e. The van der Waals surface area contributed by atoms with Gasteiger partial charge >= 0.3 is 0 Å². The third kappa shape index (κ3) is 4.61. The van der Waals surface area contributed by atoms with Gasteiger partial charge in [-0.05, 0) is 79.3 Å². The lowest BCUT2D eigenvalue weighted by atomic mass is 9.82. The smallest absolute Gasteiger partial charge is 0.161 e. The van der Waals surface area contributed by atoms with Crippen molar-refractivity contribution in [3.8, 4) is 11.5 Å². The molecule has 2 N–H and O–H groups in total. The number of hydrogen-bond donors (Lipinski definition) is 2. The molecule has 4 nitrogen and oxygen atoms in total. The van der Waals surface area contributed by atoms with Gasteiger partial charge in [0.2, 0.25) is 0 Å². The molecular weight excluding hydrogens is 650 g/mol. The molecule has 2 aromatic carbocycles. The topological polar surface area (TPSA) is 42.5 Å². The van der Waals surface area contributed by atoms with Crippen LogP contribution in [0.2, 0.25) is 0 Å². The minimum Gasteiger partial charge on any atom is -0.471 e. The maximum atomic E-state index is 6.74. The highest BCUT2D eigenvalue weighted by molar-refractivity contribution is 14.1. The van der Waals surface area contributed by atoms with Crippen molar-refractivity contribution in [2.24, 2.45) is 0 Å². The lowest BCUT2D eigenvalue weighted by Crippen LogP contribution is -2.63. The summed E-state index contributed by atoms with van der Waals surface area (Å²) in [6.45, 7) is 15.3. The van der Waals surface area contributed by atoms with Gasteiger partial charge in [-0.15, -0.1) is 0 Å². The number of hydrogen-bond acceptors (Lipinski definition) is 4. The van der Waals surface area contributed by atoms with Crippen molar-refractivity contribution in [2.75, 3.05) is 0 Å². The summed E-state index contributed by atoms with van der Waals surface area (Å²) in [5.41, 5.74) is 4.91. The Labute approximate surface area is 231 Å².